The summed E-state index contributed by atoms with van der Waals surface area (Å²) in [4.78, 5) is 40.9. The lowest BCUT2D eigenvalue weighted by Crippen LogP contribution is -2.55. The van der Waals surface area contributed by atoms with Gasteiger partial charge in [0.05, 0.1) is 23.7 Å². The predicted molar refractivity (Wildman–Crippen MR) is 123 cm³/mol. The van der Waals surface area contributed by atoms with Gasteiger partial charge in [0.25, 0.3) is 5.91 Å². The summed E-state index contributed by atoms with van der Waals surface area (Å²) in [5, 5.41) is 2.95. The predicted octanol–water partition coefficient (Wildman–Crippen LogP) is 1.63. The number of nitrogens with zero attached hydrogens (tertiary/aromatic N) is 3. The van der Waals surface area contributed by atoms with Crippen LogP contribution in [0.4, 0.5) is 4.79 Å². The SMILES string of the molecule is CCOC(=O)c1ccc(S(=O)(=O)N2CCN(CN3C(=O)N[C@]4(CCCC[C@H]4C)C3=O)CC2)cc1. The Morgan fingerprint density at radius 1 is 1.12 bits per heavy atom. The molecule has 1 aromatic rings. The van der Waals surface area contributed by atoms with Gasteiger partial charge in [0.1, 0.15) is 5.54 Å². The maximum absolute atomic E-state index is 13.2. The number of urea groups is 1. The molecule has 2 saturated heterocycles. The zero-order chi connectivity index (χ0) is 24.5. The molecular weight excluding hydrogens is 460 g/mol. The van der Waals surface area contributed by atoms with E-state index in [1.165, 1.54) is 33.5 Å². The van der Waals surface area contributed by atoms with Gasteiger partial charge < -0.3 is 10.1 Å². The molecule has 11 heteroatoms. The van der Waals surface area contributed by atoms with Crippen molar-refractivity contribution < 1.29 is 27.5 Å². The fourth-order valence-corrected chi connectivity index (χ4v) is 6.48. The Balaban J connectivity index is 1.36. The normalized spacial score (nSPS) is 26.6. The Morgan fingerprint density at radius 3 is 2.41 bits per heavy atom. The summed E-state index contributed by atoms with van der Waals surface area (Å²) in [5.74, 6) is -0.564. The molecule has 2 atom stereocenters. The molecule has 3 aliphatic rings. The number of benzene rings is 1. The summed E-state index contributed by atoms with van der Waals surface area (Å²) in [6.45, 7) is 5.41. The maximum Gasteiger partial charge on any atom is 0.338 e. The monoisotopic (exact) mass is 492 g/mol. The molecule has 3 amide bonds. The number of esters is 1. The van der Waals surface area contributed by atoms with Crippen molar-refractivity contribution >= 4 is 27.9 Å². The van der Waals surface area contributed by atoms with Crippen molar-refractivity contribution in [2.45, 2.75) is 50.0 Å². The maximum atomic E-state index is 13.2. The Morgan fingerprint density at radius 2 is 1.79 bits per heavy atom. The molecule has 1 aliphatic carbocycles. The number of sulfonamides is 1. The first-order valence-electron chi connectivity index (χ1n) is 11.8. The van der Waals surface area contributed by atoms with Crippen LogP contribution in [0.5, 0.6) is 0 Å². The number of hydrogen-bond acceptors (Lipinski definition) is 7. The average molecular weight is 493 g/mol. The van der Waals surface area contributed by atoms with Gasteiger partial charge >= 0.3 is 12.0 Å². The summed E-state index contributed by atoms with van der Waals surface area (Å²) in [7, 11) is -3.72. The number of nitrogens with one attached hydrogen (secondary N) is 1. The van der Waals surface area contributed by atoms with Crippen LogP contribution in [0.15, 0.2) is 29.2 Å². The lowest BCUT2D eigenvalue weighted by molar-refractivity contribution is -0.135. The van der Waals surface area contributed by atoms with E-state index in [2.05, 4.69) is 5.32 Å². The first-order valence-corrected chi connectivity index (χ1v) is 13.3. The van der Waals surface area contributed by atoms with Crippen molar-refractivity contribution in [2.75, 3.05) is 39.5 Å². The van der Waals surface area contributed by atoms with Gasteiger partial charge in [-0.1, -0.05) is 19.8 Å². The Hall–Kier alpha value is -2.50. The number of amides is 3. The van der Waals surface area contributed by atoms with E-state index >= 15 is 0 Å². The standard InChI is InChI=1S/C23H32N4O6S/c1-3-33-20(28)18-7-9-19(10-8-18)34(31,32)26-14-12-25(13-15-26)16-27-21(29)23(24-22(27)30)11-5-4-6-17(23)2/h7-10,17H,3-6,11-16H2,1-2H3,(H,24,30)/t17-,23+/m1/s1. The summed E-state index contributed by atoms with van der Waals surface area (Å²) < 4.78 is 32.4. The van der Waals surface area contributed by atoms with Crippen molar-refractivity contribution in [1.29, 1.82) is 0 Å². The molecular formula is C23H32N4O6S. The second-order valence-corrected chi connectivity index (χ2v) is 11.1. The van der Waals surface area contributed by atoms with E-state index < -0.39 is 21.5 Å². The van der Waals surface area contributed by atoms with Crippen LogP contribution in [0, 0.1) is 5.92 Å². The molecule has 1 N–H and O–H groups in total. The minimum Gasteiger partial charge on any atom is -0.462 e. The van der Waals surface area contributed by atoms with Crippen molar-refractivity contribution in [3.63, 3.8) is 0 Å². The Labute approximate surface area is 200 Å². The van der Waals surface area contributed by atoms with Crippen LogP contribution in [-0.2, 0) is 19.6 Å². The van der Waals surface area contributed by atoms with Gasteiger partial charge in [-0.2, -0.15) is 4.31 Å². The largest absolute Gasteiger partial charge is 0.462 e. The summed E-state index contributed by atoms with van der Waals surface area (Å²) in [6.07, 6.45) is 3.56. The van der Waals surface area contributed by atoms with Crippen molar-refractivity contribution in [1.82, 2.24) is 19.4 Å². The molecule has 0 unspecified atom stereocenters. The van der Waals surface area contributed by atoms with Crippen LogP contribution in [-0.4, -0.2) is 85.4 Å². The van der Waals surface area contributed by atoms with E-state index in [0.717, 1.165) is 19.3 Å². The number of ether oxygens (including phenoxy) is 1. The second-order valence-electron chi connectivity index (χ2n) is 9.19. The first-order chi connectivity index (χ1) is 16.2. The van der Waals surface area contributed by atoms with E-state index in [1.807, 2.05) is 11.8 Å². The minimum absolute atomic E-state index is 0.0971. The molecule has 10 nitrogen and oxygen atoms in total. The highest BCUT2D eigenvalue weighted by atomic mass is 32.2. The molecule has 4 rings (SSSR count). The molecule has 1 spiro atoms. The number of carbonyl (C=O) groups is 3. The van der Waals surface area contributed by atoms with E-state index in [4.69, 9.17) is 4.74 Å². The fraction of sp³-hybridized carbons (Fsp3) is 0.609. The van der Waals surface area contributed by atoms with Gasteiger partial charge in [0.15, 0.2) is 0 Å². The van der Waals surface area contributed by atoms with Gasteiger partial charge in [0.2, 0.25) is 10.0 Å². The Kier molecular flexibility index (Phi) is 6.97. The average Bonchev–Trinajstić information content (AvgIpc) is 3.06. The third kappa shape index (κ3) is 4.44. The van der Waals surface area contributed by atoms with Gasteiger partial charge in [-0.05, 0) is 49.9 Å². The zero-order valence-corrected chi connectivity index (χ0v) is 20.5. The van der Waals surface area contributed by atoms with Crippen LogP contribution < -0.4 is 5.32 Å². The van der Waals surface area contributed by atoms with E-state index in [1.54, 1.807) is 6.92 Å². The van der Waals surface area contributed by atoms with E-state index in [0.29, 0.717) is 25.1 Å². The lowest BCUT2D eigenvalue weighted by Gasteiger charge is -2.38. The van der Waals surface area contributed by atoms with Crippen LogP contribution in [0.3, 0.4) is 0 Å². The quantitative estimate of drug-likeness (QED) is 0.474. The molecule has 0 bridgehead atoms. The molecule has 2 heterocycles. The van der Waals surface area contributed by atoms with E-state index in [9.17, 15) is 22.8 Å². The molecule has 2 aliphatic heterocycles. The second kappa shape index (κ2) is 9.63. The summed E-state index contributed by atoms with van der Waals surface area (Å²) in [6, 6.07) is 5.34. The number of hydrogen-bond donors (Lipinski definition) is 1. The van der Waals surface area contributed by atoms with Gasteiger partial charge in [-0.25, -0.2) is 22.9 Å². The highest BCUT2D eigenvalue weighted by Crippen LogP contribution is 2.38. The Bertz CT molecular complexity index is 1050. The molecule has 186 valence electrons. The topological polar surface area (TPSA) is 116 Å². The molecule has 1 saturated carbocycles. The number of piperazine rings is 1. The third-order valence-electron chi connectivity index (χ3n) is 7.18. The van der Waals surface area contributed by atoms with Crippen LogP contribution in [0.1, 0.15) is 49.9 Å². The van der Waals surface area contributed by atoms with Crippen LogP contribution in [0.25, 0.3) is 0 Å². The van der Waals surface area contributed by atoms with Crippen LogP contribution in [0.2, 0.25) is 0 Å². The van der Waals surface area contributed by atoms with Gasteiger partial charge in [-0.3, -0.25) is 9.69 Å². The molecule has 0 aromatic heterocycles. The smallest absolute Gasteiger partial charge is 0.338 e. The van der Waals surface area contributed by atoms with Crippen molar-refractivity contribution in [3.05, 3.63) is 29.8 Å². The van der Waals surface area contributed by atoms with Crippen molar-refractivity contribution in [2.24, 2.45) is 5.92 Å². The number of imide groups is 1. The number of rotatable bonds is 6. The van der Waals surface area contributed by atoms with Gasteiger partial charge in [-0.15, -0.1) is 0 Å². The van der Waals surface area contributed by atoms with E-state index in [-0.39, 0.29) is 49.1 Å². The fourth-order valence-electron chi connectivity index (χ4n) is 5.06. The molecule has 0 radical (unpaired) electrons. The highest BCUT2D eigenvalue weighted by Gasteiger charge is 2.55. The summed E-state index contributed by atoms with van der Waals surface area (Å²) in [5.41, 5.74) is -0.500. The molecule has 34 heavy (non-hydrogen) atoms. The van der Waals surface area contributed by atoms with Crippen LogP contribution >= 0.6 is 0 Å². The highest BCUT2D eigenvalue weighted by molar-refractivity contribution is 7.89. The zero-order valence-electron chi connectivity index (χ0n) is 19.7. The molecule has 1 aromatic carbocycles. The summed E-state index contributed by atoms with van der Waals surface area (Å²) >= 11 is 0. The minimum atomic E-state index is -3.72. The number of carbonyl (C=O) groups excluding carboxylic acids is 3. The first kappa shape index (κ1) is 24.6. The molecule has 3 fully saturated rings. The van der Waals surface area contributed by atoms with Gasteiger partial charge in [0, 0.05) is 26.2 Å². The van der Waals surface area contributed by atoms with Crippen molar-refractivity contribution in [3.8, 4) is 0 Å². The lowest BCUT2D eigenvalue weighted by atomic mass is 9.73. The third-order valence-corrected chi connectivity index (χ3v) is 9.09.